The van der Waals surface area contributed by atoms with E-state index in [1.165, 1.54) is 0 Å². The lowest BCUT2D eigenvalue weighted by molar-refractivity contribution is -0.0766. The number of hydrogen-bond donors (Lipinski definition) is 0. The maximum atomic E-state index is 5.71. The molecule has 1 aromatic rings. The van der Waals surface area contributed by atoms with E-state index in [1.54, 1.807) is 0 Å². The Bertz CT molecular complexity index is 384. The van der Waals surface area contributed by atoms with Crippen molar-refractivity contribution in [3.8, 4) is 11.5 Å². The van der Waals surface area contributed by atoms with Crippen LogP contribution in [0.25, 0.3) is 0 Å². The molecule has 2 atom stereocenters. The molecule has 0 saturated carbocycles. The average Bonchev–Trinajstić information content (AvgIpc) is 2.33. The lowest BCUT2D eigenvalue weighted by Gasteiger charge is -2.20. The second-order valence-corrected chi connectivity index (χ2v) is 4.79. The zero-order valence-corrected chi connectivity index (χ0v) is 13.4. The Hall–Kier alpha value is -0.780. The van der Waals surface area contributed by atoms with Gasteiger partial charge in [-0.3, -0.25) is 0 Å². The van der Waals surface area contributed by atoms with Gasteiger partial charge in [0, 0.05) is 17.7 Å². The molecule has 0 aromatic heterocycles. The van der Waals surface area contributed by atoms with E-state index in [0.717, 1.165) is 4.47 Å². The van der Waals surface area contributed by atoms with Crippen molar-refractivity contribution in [3.63, 3.8) is 0 Å². The molecule has 0 aliphatic heterocycles. The zero-order valence-electron chi connectivity index (χ0n) is 11.8. The molecule has 1 aromatic carbocycles. The molecule has 0 aliphatic rings. The summed E-state index contributed by atoms with van der Waals surface area (Å²) in [7, 11) is 0. The highest BCUT2D eigenvalue weighted by Crippen LogP contribution is 2.32. The van der Waals surface area contributed by atoms with E-state index in [9.17, 15) is 0 Å². The third-order valence-corrected chi connectivity index (χ3v) is 2.79. The standard InChI is InChI=1S/C14H21BrO4/c1-5-16-10(3)18-13-8-7-12(15)9-14(13)19-11(4)17-6-2/h7-11H,5-6H2,1-4H3. The van der Waals surface area contributed by atoms with Crippen LogP contribution in [0.1, 0.15) is 27.7 Å². The highest BCUT2D eigenvalue weighted by atomic mass is 79.9. The van der Waals surface area contributed by atoms with E-state index in [0.29, 0.717) is 24.7 Å². The van der Waals surface area contributed by atoms with Crippen molar-refractivity contribution in [1.29, 1.82) is 0 Å². The van der Waals surface area contributed by atoms with Crippen molar-refractivity contribution in [2.24, 2.45) is 0 Å². The first-order valence-corrected chi connectivity index (χ1v) is 7.22. The van der Waals surface area contributed by atoms with Gasteiger partial charge < -0.3 is 18.9 Å². The first-order chi connectivity index (χ1) is 9.06. The summed E-state index contributed by atoms with van der Waals surface area (Å²) in [4.78, 5) is 0. The number of benzene rings is 1. The summed E-state index contributed by atoms with van der Waals surface area (Å²) < 4.78 is 23.1. The van der Waals surface area contributed by atoms with E-state index >= 15 is 0 Å². The Kier molecular flexibility index (Phi) is 7.20. The molecule has 0 radical (unpaired) electrons. The molecule has 5 heteroatoms. The van der Waals surface area contributed by atoms with Gasteiger partial charge in [-0.05, 0) is 45.9 Å². The Balaban J connectivity index is 2.79. The molecule has 1 rings (SSSR count). The average molecular weight is 333 g/mol. The maximum Gasteiger partial charge on any atom is 0.197 e. The number of hydrogen-bond acceptors (Lipinski definition) is 4. The second kappa shape index (κ2) is 8.40. The largest absolute Gasteiger partial charge is 0.461 e. The summed E-state index contributed by atoms with van der Waals surface area (Å²) in [5.74, 6) is 1.26. The fourth-order valence-corrected chi connectivity index (χ4v) is 1.91. The Morgan fingerprint density at radius 1 is 0.947 bits per heavy atom. The van der Waals surface area contributed by atoms with Crippen molar-refractivity contribution >= 4 is 15.9 Å². The summed E-state index contributed by atoms with van der Waals surface area (Å²) in [6.07, 6.45) is -0.653. The second-order valence-electron chi connectivity index (χ2n) is 3.87. The van der Waals surface area contributed by atoms with E-state index < -0.39 is 0 Å². The van der Waals surface area contributed by atoms with Gasteiger partial charge in [-0.2, -0.15) is 0 Å². The monoisotopic (exact) mass is 332 g/mol. The fraction of sp³-hybridized carbons (Fsp3) is 0.571. The van der Waals surface area contributed by atoms with Crippen LogP contribution in [-0.4, -0.2) is 25.8 Å². The molecule has 0 aliphatic carbocycles. The van der Waals surface area contributed by atoms with Crippen LogP contribution >= 0.6 is 15.9 Å². The fourth-order valence-electron chi connectivity index (χ4n) is 1.57. The van der Waals surface area contributed by atoms with E-state index in [2.05, 4.69) is 15.9 Å². The van der Waals surface area contributed by atoms with Crippen LogP contribution in [0, 0.1) is 0 Å². The van der Waals surface area contributed by atoms with Gasteiger partial charge in [-0.25, -0.2) is 0 Å². The zero-order chi connectivity index (χ0) is 14.3. The molecule has 0 amide bonds. The third kappa shape index (κ3) is 5.80. The Morgan fingerprint density at radius 2 is 1.47 bits per heavy atom. The molecule has 0 fully saturated rings. The molecule has 0 heterocycles. The summed E-state index contributed by atoms with van der Waals surface area (Å²) in [5.41, 5.74) is 0. The molecule has 19 heavy (non-hydrogen) atoms. The predicted octanol–water partition coefficient (Wildman–Crippen LogP) is 3.97. The molecular formula is C14H21BrO4. The van der Waals surface area contributed by atoms with Crippen molar-refractivity contribution in [3.05, 3.63) is 22.7 Å². The first-order valence-electron chi connectivity index (χ1n) is 6.42. The van der Waals surface area contributed by atoms with E-state index in [-0.39, 0.29) is 12.6 Å². The molecule has 2 unspecified atom stereocenters. The molecule has 0 saturated heterocycles. The van der Waals surface area contributed by atoms with Crippen LogP contribution in [0.2, 0.25) is 0 Å². The first kappa shape index (κ1) is 16.3. The smallest absolute Gasteiger partial charge is 0.197 e. The van der Waals surface area contributed by atoms with Gasteiger partial charge in [0.1, 0.15) is 0 Å². The molecule has 0 bridgehead atoms. The van der Waals surface area contributed by atoms with Crippen LogP contribution in [0.15, 0.2) is 22.7 Å². The quantitative estimate of drug-likeness (QED) is 0.675. The summed E-state index contributed by atoms with van der Waals surface area (Å²) in [5, 5.41) is 0. The van der Waals surface area contributed by atoms with Crippen molar-refractivity contribution in [2.45, 2.75) is 40.3 Å². The summed E-state index contributed by atoms with van der Waals surface area (Å²) in [6.45, 7) is 8.75. The maximum absolute atomic E-state index is 5.71. The van der Waals surface area contributed by atoms with Gasteiger partial charge in [-0.15, -0.1) is 0 Å². The van der Waals surface area contributed by atoms with E-state index in [4.69, 9.17) is 18.9 Å². The van der Waals surface area contributed by atoms with Gasteiger partial charge in [0.15, 0.2) is 24.1 Å². The Labute approximate surface area is 123 Å². The normalized spacial score (nSPS) is 13.9. The topological polar surface area (TPSA) is 36.9 Å². The number of halogens is 1. The van der Waals surface area contributed by atoms with Gasteiger partial charge in [-0.1, -0.05) is 15.9 Å². The lowest BCUT2D eigenvalue weighted by atomic mass is 10.3. The molecule has 4 nitrogen and oxygen atoms in total. The third-order valence-electron chi connectivity index (χ3n) is 2.29. The van der Waals surface area contributed by atoms with Gasteiger partial charge in [0.2, 0.25) is 0 Å². The van der Waals surface area contributed by atoms with Gasteiger partial charge >= 0.3 is 0 Å². The minimum absolute atomic E-state index is 0.323. The number of rotatable bonds is 8. The van der Waals surface area contributed by atoms with Crippen LogP contribution in [0.4, 0.5) is 0 Å². The number of ether oxygens (including phenoxy) is 4. The summed E-state index contributed by atoms with van der Waals surface area (Å²) in [6, 6.07) is 5.59. The minimum atomic E-state index is -0.330. The van der Waals surface area contributed by atoms with Crippen molar-refractivity contribution in [1.82, 2.24) is 0 Å². The Morgan fingerprint density at radius 3 is 2.00 bits per heavy atom. The lowest BCUT2D eigenvalue weighted by Crippen LogP contribution is -2.19. The van der Waals surface area contributed by atoms with Crippen molar-refractivity contribution < 1.29 is 18.9 Å². The van der Waals surface area contributed by atoms with Gasteiger partial charge in [0.05, 0.1) is 0 Å². The highest BCUT2D eigenvalue weighted by Gasteiger charge is 2.13. The SMILES string of the molecule is CCOC(C)Oc1ccc(Br)cc1OC(C)OCC. The van der Waals surface area contributed by atoms with Gasteiger partial charge in [0.25, 0.3) is 0 Å². The van der Waals surface area contributed by atoms with E-state index in [1.807, 2.05) is 45.9 Å². The highest BCUT2D eigenvalue weighted by molar-refractivity contribution is 9.10. The predicted molar refractivity (Wildman–Crippen MR) is 77.6 cm³/mol. The van der Waals surface area contributed by atoms with Crippen molar-refractivity contribution in [2.75, 3.05) is 13.2 Å². The van der Waals surface area contributed by atoms with Crippen LogP contribution in [0.5, 0.6) is 11.5 Å². The molecule has 108 valence electrons. The molecule has 0 N–H and O–H groups in total. The van der Waals surface area contributed by atoms with Crippen LogP contribution < -0.4 is 9.47 Å². The minimum Gasteiger partial charge on any atom is -0.461 e. The summed E-state index contributed by atoms with van der Waals surface area (Å²) >= 11 is 3.41. The van der Waals surface area contributed by atoms with Crippen LogP contribution in [0.3, 0.4) is 0 Å². The molecule has 0 spiro atoms. The van der Waals surface area contributed by atoms with Crippen LogP contribution in [-0.2, 0) is 9.47 Å². The molecular weight excluding hydrogens is 312 g/mol.